The molecule has 5 nitrogen and oxygen atoms in total. The van der Waals surface area contributed by atoms with Crippen molar-refractivity contribution in [1.82, 2.24) is 4.57 Å². The Labute approximate surface area is 100 Å². The predicted molar refractivity (Wildman–Crippen MR) is 66.1 cm³/mol. The van der Waals surface area contributed by atoms with Gasteiger partial charge in [-0.2, -0.15) is 0 Å². The molecule has 1 aromatic heterocycles. The number of hydrogen-bond acceptors (Lipinski definition) is 3. The van der Waals surface area contributed by atoms with Crippen LogP contribution in [0.3, 0.4) is 0 Å². The molecule has 0 aliphatic heterocycles. The molecule has 1 amide bonds. The van der Waals surface area contributed by atoms with E-state index in [0.717, 1.165) is 0 Å². The molecule has 0 fully saturated rings. The minimum atomic E-state index is -0.222. The lowest BCUT2D eigenvalue weighted by Crippen LogP contribution is -2.23. The molecule has 1 rings (SSSR count). The Hall–Kier alpha value is -1.62. The fourth-order valence-corrected chi connectivity index (χ4v) is 1.29. The van der Waals surface area contributed by atoms with Crippen molar-refractivity contribution in [3.63, 3.8) is 0 Å². The van der Waals surface area contributed by atoms with Crippen molar-refractivity contribution in [2.45, 2.75) is 33.4 Å². The van der Waals surface area contributed by atoms with Crippen molar-refractivity contribution in [3.05, 3.63) is 28.7 Å². The Morgan fingerprint density at radius 2 is 2.18 bits per heavy atom. The lowest BCUT2D eigenvalue weighted by molar-refractivity contribution is -0.121. The number of carbonyl (C=O) groups excluding carboxylic acids is 1. The summed E-state index contributed by atoms with van der Waals surface area (Å²) in [5.74, 6) is -0.222. The smallest absolute Gasteiger partial charge is 0.250 e. The Bertz CT molecular complexity index is 438. The Balaban J connectivity index is 2.62. The SMILES string of the molecule is CCn1cc(NC(=O)COC(C)C)ccc1=O. The minimum absolute atomic E-state index is 0.0168. The average Bonchev–Trinajstić information content (AvgIpc) is 2.29. The maximum Gasteiger partial charge on any atom is 0.250 e. The van der Waals surface area contributed by atoms with Crippen molar-refractivity contribution in [2.24, 2.45) is 0 Å². The summed E-state index contributed by atoms with van der Waals surface area (Å²) in [5, 5.41) is 2.68. The first-order chi connectivity index (χ1) is 8.02. The molecule has 0 saturated carbocycles. The van der Waals surface area contributed by atoms with Crippen molar-refractivity contribution in [3.8, 4) is 0 Å². The molecule has 0 radical (unpaired) electrons. The van der Waals surface area contributed by atoms with Crippen LogP contribution in [0.2, 0.25) is 0 Å². The third kappa shape index (κ3) is 4.40. The fourth-order valence-electron chi connectivity index (χ4n) is 1.29. The summed E-state index contributed by atoms with van der Waals surface area (Å²) in [6.07, 6.45) is 1.64. The van der Waals surface area contributed by atoms with Gasteiger partial charge in [-0.15, -0.1) is 0 Å². The van der Waals surface area contributed by atoms with Gasteiger partial charge in [0.05, 0.1) is 11.8 Å². The van der Waals surface area contributed by atoms with E-state index < -0.39 is 0 Å². The molecule has 0 bridgehead atoms. The van der Waals surface area contributed by atoms with Crippen LogP contribution in [0.25, 0.3) is 0 Å². The van der Waals surface area contributed by atoms with Gasteiger partial charge in [-0.1, -0.05) is 0 Å². The van der Waals surface area contributed by atoms with E-state index >= 15 is 0 Å². The van der Waals surface area contributed by atoms with Gasteiger partial charge in [-0.25, -0.2) is 0 Å². The normalized spacial score (nSPS) is 10.6. The van der Waals surface area contributed by atoms with E-state index in [1.165, 1.54) is 10.6 Å². The van der Waals surface area contributed by atoms with Gasteiger partial charge in [-0.3, -0.25) is 9.59 Å². The number of aryl methyl sites for hydroxylation is 1. The van der Waals surface area contributed by atoms with Gasteiger partial charge < -0.3 is 14.6 Å². The molecule has 94 valence electrons. The van der Waals surface area contributed by atoms with Crippen LogP contribution in [0.4, 0.5) is 5.69 Å². The van der Waals surface area contributed by atoms with Gasteiger partial charge in [-0.05, 0) is 26.8 Å². The first kappa shape index (κ1) is 13.4. The quantitative estimate of drug-likeness (QED) is 0.839. The zero-order valence-corrected chi connectivity index (χ0v) is 10.4. The first-order valence-corrected chi connectivity index (χ1v) is 5.65. The molecular weight excluding hydrogens is 220 g/mol. The standard InChI is InChI=1S/C12H18N2O3/c1-4-14-7-10(5-6-12(14)16)13-11(15)8-17-9(2)3/h5-7,9H,4,8H2,1-3H3,(H,13,15). The minimum Gasteiger partial charge on any atom is -0.369 e. The molecular formula is C12H18N2O3. The number of rotatable bonds is 5. The summed E-state index contributed by atoms with van der Waals surface area (Å²) < 4.78 is 6.70. The van der Waals surface area contributed by atoms with E-state index in [2.05, 4.69) is 5.32 Å². The largest absolute Gasteiger partial charge is 0.369 e. The molecule has 0 aliphatic carbocycles. The maximum atomic E-state index is 11.5. The number of ether oxygens (including phenoxy) is 1. The number of nitrogens with one attached hydrogen (secondary N) is 1. The third-order valence-corrected chi connectivity index (χ3v) is 2.16. The first-order valence-electron chi connectivity index (χ1n) is 5.65. The summed E-state index contributed by atoms with van der Waals surface area (Å²) in [4.78, 5) is 22.8. The van der Waals surface area contributed by atoms with Gasteiger partial charge in [0.1, 0.15) is 6.61 Å². The molecule has 5 heteroatoms. The summed E-state index contributed by atoms with van der Waals surface area (Å²) in [6, 6.07) is 3.02. The lowest BCUT2D eigenvalue weighted by atomic mass is 10.4. The van der Waals surface area contributed by atoms with E-state index in [1.807, 2.05) is 20.8 Å². The summed E-state index contributed by atoms with van der Waals surface area (Å²) in [5.41, 5.74) is 0.521. The van der Waals surface area contributed by atoms with Crippen LogP contribution in [0, 0.1) is 0 Å². The molecule has 17 heavy (non-hydrogen) atoms. The number of nitrogens with zero attached hydrogens (tertiary/aromatic N) is 1. The third-order valence-electron chi connectivity index (χ3n) is 2.16. The molecule has 0 unspecified atom stereocenters. The van der Waals surface area contributed by atoms with Gasteiger partial charge in [0.25, 0.3) is 5.56 Å². The van der Waals surface area contributed by atoms with Crippen LogP contribution in [-0.2, 0) is 16.1 Å². The molecule has 0 saturated heterocycles. The van der Waals surface area contributed by atoms with E-state index in [-0.39, 0.29) is 24.2 Å². The number of amides is 1. The highest BCUT2D eigenvalue weighted by molar-refractivity contribution is 5.91. The summed E-state index contributed by atoms with van der Waals surface area (Å²) in [6.45, 7) is 6.19. The van der Waals surface area contributed by atoms with Crippen molar-refractivity contribution < 1.29 is 9.53 Å². The van der Waals surface area contributed by atoms with Crippen LogP contribution in [-0.4, -0.2) is 23.2 Å². The van der Waals surface area contributed by atoms with Crippen LogP contribution in [0.5, 0.6) is 0 Å². The molecule has 0 aromatic carbocycles. The maximum absolute atomic E-state index is 11.5. The molecule has 1 heterocycles. The number of carbonyl (C=O) groups is 1. The fraction of sp³-hybridized carbons (Fsp3) is 0.500. The second-order valence-corrected chi connectivity index (χ2v) is 3.95. The summed E-state index contributed by atoms with van der Waals surface area (Å²) in [7, 11) is 0. The van der Waals surface area contributed by atoms with Gasteiger partial charge in [0.15, 0.2) is 0 Å². The van der Waals surface area contributed by atoms with Crippen molar-refractivity contribution in [1.29, 1.82) is 0 Å². The number of pyridine rings is 1. The lowest BCUT2D eigenvalue weighted by Gasteiger charge is -2.09. The zero-order valence-electron chi connectivity index (χ0n) is 10.4. The highest BCUT2D eigenvalue weighted by atomic mass is 16.5. The second-order valence-electron chi connectivity index (χ2n) is 3.95. The average molecular weight is 238 g/mol. The van der Waals surface area contributed by atoms with E-state index in [9.17, 15) is 9.59 Å². The van der Waals surface area contributed by atoms with Crippen LogP contribution in [0.1, 0.15) is 20.8 Å². The summed E-state index contributed by atoms with van der Waals surface area (Å²) >= 11 is 0. The van der Waals surface area contributed by atoms with E-state index in [1.54, 1.807) is 12.3 Å². The predicted octanol–water partition coefficient (Wildman–Crippen LogP) is 1.23. The highest BCUT2D eigenvalue weighted by Gasteiger charge is 2.04. The Morgan fingerprint density at radius 3 is 2.76 bits per heavy atom. The number of hydrogen-bond donors (Lipinski definition) is 1. The topological polar surface area (TPSA) is 60.3 Å². The molecule has 0 atom stereocenters. The Kier molecular flexibility index (Phi) is 4.90. The molecule has 1 aromatic rings. The molecule has 0 spiro atoms. The van der Waals surface area contributed by atoms with Crippen LogP contribution < -0.4 is 10.9 Å². The molecule has 0 aliphatic rings. The molecule has 1 N–H and O–H groups in total. The Morgan fingerprint density at radius 1 is 1.47 bits per heavy atom. The van der Waals surface area contributed by atoms with Crippen molar-refractivity contribution in [2.75, 3.05) is 11.9 Å². The zero-order chi connectivity index (χ0) is 12.8. The number of aromatic nitrogens is 1. The van der Waals surface area contributed by atoms with Crippen LogP contribution in [0.15, 0.2) is 23.1 Å². The van der Waals surface area contributed by atoms with Gasteiger partial charge in [0.2, 0.25) is 5.91 Å². The van der Waals surface area contributed by atoms with E-state index in [4.69, 9.17) is 4.74 Å². The number of anilines is 1. The second kappa shape index (κ2) is 6.20. The van der Waals surface area contributed by atoms with Crippen molar-refractivity contribution >= 4 is 11.6 Å². The monoisotopic (exact) mass is 238 g/mol. The highest BCUT2D eigenvalue weighted by Crippen LogP contribution is 2.03. The van der Waals surface area contributed by atoms with E-state index in [0.29, 0.717) is 12.2 Å². The van der Waals surface area contributed by atoms with Gasteiger partial charge in [0, 0.05) is 18.8 Å². The van der Waals surface area contributed by atoms with Crippen LogP contribution >= 0.6 is 0 Å². The van der Waals surface area contributed by atoms with Gasteiger partial charge >= 0.3 is 0 Å².